The first-order valence-corrected chi connectivity index (χ1v) is 16.4. The Bertz CT molecular complexity index is 1100. The minimum absolute atomic E-state index is 0.137. The zero-order valence-corrected chi connectivity index (χ0v) is 27.1. The van der Waals surface area contributed by atoms with Gasteiger partial charge in [-0.15, -0.1) is 0 Å². The molecule has 2 aromatic rings. The number of benzene rings is 2. The first-order chi connectivity index (χ1) is 16.9. The van der Waals surface area contributed by atoms with Gasteiger partial charge in [-0.3, -0.25) is 0 Å². The van der Waals surface area contributed by atoms with Crippen molar-refractivity contribution in [2.45, 2.75) is 143 Å². The molecule has 0 radical (unpaired) electrons. The molecule has 2 aliphatic rings. The molecule has 204 valence electrons. The maximum absolute atomic E-state index is 2.95. The second kappa shape index (κ2) is 9.70. The number of rotatable bonds is 3. The summed E-state index contributed by atoms with van der Waals surface area (Å²) in [4.78, 5) is 2.95. The fourth-order valence-electron chi connectivity index (χ4n) is 6.74. The molecule has 1 nitrogen and oxygen atoms in total. The molecule has 2 aliphatic heterocycles. The van der Waals surface area contributed by atoms with Crippen LogP contribution in [0, 0.1) is 0 Å². The molecule has 37 heavy (non-hydrogen) atoms. The number of anilines is 1. The lowest BCUT2D eigenvalue weighted by Gasteiger charge is -2.55. The van der Waals surface area contributed by atoms with Crippen LogP contribution in [0.15, 0.2) is 30.3 Å². The fraction of sp³-hybridized carbons (Fsp3) is 0.657. The van der Waals surface area contributed by atoms with Crippen LogP contribution in [0.3, 0.4) is 0 Å². The Morgan fingerprint density at radius 1 is 0.892 bits per heavy atom. The topological polar surface area (TPSA) is 3.24 Å². The predicted octanol–water partition coefficient (Wildman–Crippen LogP) is 9.94. The largest absolute Gasteiger partial charge is 0.361 e. The van der Waals surface area contributed by atoms with Crippen LogP contribution >= 0.6 is 7.92 Å². The molecule has 2 aromatic carbocycles. The van der Waals surface area contributed by atoms with Gasteiger partial charge in [0.05, 0.1) is 5.78 Å². The zero-order chi connectivity index (χ0) is 27.7. The highest BCUT2D eigenvalue weighted by Gasteiger charge is 2.48. The van der Waals surface area contributed by atoms with Gasteiger partial charge in [-0.1, -0.05) is 121 Å². The number of hydrogen-bond donors (Lipinski definition) is 0. The van der Waals surface area contributed by atoms with Crippen molar-refractivity contribution in [1.82, 2.24) is 0 Å². The molecule has 0 aromatic heterocycles. The van der Waals surface area contributed by atoms with Crippen LogP contribution in [0.4, 0.5) is 5.69 Å². The van der Waals surface area contributed by atoms with Crippen LogP contribution in [0.5, 0.6) is 0 Å². The van der Waals surface area contributed by atoms with Crippen LogP contribution in [0.1, 0.15) is 143 Å². The molecule has 0 bridgehead atoms. The summed E-state index contributed by atoms with van der Waals surface area (Å²) in [6.45, 7) is 31.6. The quantitative estimate of drug-likeness (QED) is 0.365. The molecule has 0 aliphatic carbocycles. The van der Waals surface area contributed by atoms with Gasteiger partial charge in [-0.05, 0) is 87.1 Å². The van der Waals surface area contributed by atoms with Crippen LogP contribution in [-0.2, 0) is 16.2 Å². The third-order valence-corrected chi connectivity index (χ3v) is 12.0. The van der Waals surface area contributed by atoms with E-state index >= 15 is 0 Å². The van der Waals surface area contributed by atoms with E-state index in [1.807, 2.05) is 0 Å². The lowest BCUT2D eigenvalue weighted by Crippen LogP contribution is -2.54. The van der Waals surface area contributed by atoms with E-state index < -0.39 is 0 Å². The maximum atomic E-state index is 2.95. The summed E-state index contributed by atoms with van der Waals surface area (Å²) in [6.07, 6.45) is 3.90. The molecule has 2 heteroatoms. The Labute approximate surface area is 230 Å². The van der Waals surface area contributed by atoms with Crippen molar-refractivity contribution in [3.63, 3.8) is 0 Å². The van der Waals surface area contributed by atoms with Crippen LogP contribution in [-0.4, -0.2) is 18.0 Å². The molecular weight excluding hydrogens is 465 g/mol. The minimum Gasteiger partial charge on any atom is -0.361 e. The highest BCUT2D eigenvalue weighted by molar-refractivity contribution is 7.66. The Morgan fingerprint density at radius 3 is 1.95 bits per heavy atom. The smallest absolute Gasteiger partial charge is 0.0540 e. The van der Waals surface area contributed by atoms with Gasteiger partial charge >= 0.3 is 0 Å². The first kappa shape index (κ1) is 28.7. The summed E-state index contributed by atoms with van der Waals surface area (Å²) >= 11 is 0. The summed E-state index contributed by atoms with van der Waals surface area (Å²) in [7, 11) is -0.281. The van der Waals surface area contributed by atoms with Gasteiger partial charge in [0, 0.05) is 11.7 Å². The lowest BCUT2D eigenvalue weighted by atomic mass is 9.73. The van der Waals surface area contributed by atoms with E-state index in [4.69, 9.17) is 0 Å². The van der Waals surface area contributed by atoms with E-state index in [0.717, 1.165) is 0 Å². The van der Waals surface area contributed by atoms with Crippen LogP contribution < -0.4 is 10.2 Å². The van der Waals surface area contributed by atoms with Gasteiger partial charge in [0.2, 0.25) is 0 Å². The molecule has 0 amide bonds. The van der Waals surface area contributed by atoms with E-state index in [1.54, 1.807) is 22.1 Å². The van der Waals surface area contributed by atoms with Crippen molar-refractivity contribution in [2.24, 2.45) is 0 Å². The SMILES string of the molecule is CC(C)c1cccc(C(C)C)c1N1C(C)CCP2c3c(C(C)(C)C)cc(C(C)(C)C)cc3C(C)(C)CC12. The average molecular weight is 520 g/mol. The molecule has 2 heterocycles. The summed E-state index contributed by atoms with van der Waals surface area (Å²) in [5.74, 6) is 1.65. The van der Waals surface area contributed by atoms with Gasteiger partial charge in [0.15, 0.2) is 0 Å². The van der Waals surface area contributed by atoms with E-state index in [9.17, 15) is 0 Å². The molecule has 3 unspecified atom stereocenters. The highest BCUT2D eigenvalue weighted by Crippen LogP contribution is 2.60. The molecule has 0 saturated carbocycles. The van der Waals surface area contributed by atoms with Crippen molar-refractivity contribution in [3.05, 3.63) is 58.1 Å². The van der Waals surface area contributed by atoms with Crippen LogP contribution in [0.25, 0.3) is 0 Å². The summed E-state index contributed by atoms with van der Waals surface area (Å²) < 4.78 is 0. The Balaban J connectivity index is 2.00. The second-order valence-corrected chi connectivity index (χ2v) is 17.8. The van der Waals surface area contributed by atoms with Crippen molar-refractivity contribution < 1.29 is 0 Å². The van der Waals surface area contributed by atoms with Gasteiger partial charge in [-0.25, -0.2) is 0 Å². The summed E-state index contributed by atoms with van der Waals surface area (Å²) in [5.41, 5.74) is 9.88. The van der Waals surface area contributed by atoms with Gasteiger partial charge in [0.25, 0.3) is 0 Å². The monoisotopic (exact) mass is 519 g/mol. The normalized spacial score (nSPS) is 23.9. The second-order valence-electron chi connectivity index (χ2n) is 15.3. The zero-order valence-electron chi connectivity index (χ0n) is 26.2. The fourth-order valence-corrected chi connectivity index (χ4v) is 10.9. The maximum Gasteiger partial charge on any atom is 0.0540 e. The van der Waals surface area contributed by atoms with Crippen molar-refractivity contribution in [2.75, 3.05) is 11.1 Å². The van der Waals surface area contributed by atoms with E-state index in [0.29, 0.717) is 23.7 Å². The third kappa shape index (κ3) is 5.16. The third-order valence-electron chi connectivity index (χ3n) is 9.04. The van der Waals surface area contributed by atoms with Gasteiger partial charge in [-0.2, -0.15) is 0 Å². The van der Waals surface area contributed by atoms with Crippen LogP contribution in [0.2, 0.25) is 0 Å². The summed E-state index contributed by atoms with van der Waals surface area (Å²) in [5, 5.41) is 1.75. The van der Waals surface area contributed by atoms with Crippen molar-refractivity contribution in [3.8, 4) is 0 Å². The Morgan fingerprint density at radius 2 is 1.46 bits per heavy atom. The van der Waals surface area contributed by atoms with E-state index in [-0.39, 0.29) is 24.2 Å². The lowest BCUT2D eigenvalue weighted by molar-refractivity contribution is 0.423. The number of hydrogen-bond acceptors (Lipinski definition) is 1. The average Bonchev–Trinajstić information content (AvgIpc) is 2.76. The number of para-hydroxylation sites is 1. The van der Waals surface area contributed by atoms with E-state index in [2.05, 4.69) is 125 Å². The molecule has 0 N–H and O–H groups in total. The van der Waals surface area contributed by atoms with Gasteiger partial charge < -0.3 is 4.90 Å². The molecule has 1 fully saturated rings. The highest BCUT2D eigenvalue weighted by atomic mass is 31.1. The number of nitrogens with zero attached hydrogens (tertiary/aromatic N) is 1. The standard InChI is InChI=1S/C35H54NP/c1-22(2)26-15-14-16-27(23(3)4)31(26)36-24(5)17-18-37-30(36)21-35(12,13)29-20-25(33(6,7)8)19-28(32(29)37)34(9,10)11/h14-16,19-20,22-24,30H,17-18,21H2,1-13H3. The first-order valence-electron chi connectivity index (χ1n) is 14.8. The molecule has 0 spiro atoms. The van der Waals surface area contributed by atoms with Crippen molar-refractivity contribution >= 4 is 18.9 Å². The molecular formula is C35H54NP. The molecule has 3 atom stereocenters. The molecule has 4 rings (SSSR count). The van der Waals surface area contributed by atoms with E-state index in [1.165, 1.54) is 35.7 Å². The summed E-state index contributed by atoms with van der Waals surface area (Å²) in [6, 6.07) is 12.9. The minimum atomic E-state index is -0.281. The van der Waals surface area contributed by atoms with Gasteiger partial charge in [0.1, 0.15) is 0 Å². The Kier molecular flexibility index (Phi) is 7.51. The molecule has 1 saturated heterocycles. The Hall–Kier alpha value is -1.33. The van der Waals surface area contributed by atoms with Crippen molar-refractivity contribution in [1.29, 1.82) is 0 Å². The number of fused-ring (bicyclic) bond motifs is 3. The predicted molar refractivity (Wildman–Crippen MR) is 168 cm³/mol.